The molecule has 1 aliphatic rings. The van der Waals surface area contributed by atoms with Crippen molar-refractivity contribution in [1.82, 2.24) is 0 Å². The minimum Gasteiger partial charge on any atom is -0.326 e. The van der Waals surface area contributed by atoms with Crippen LogP contribution in [0.5, 0.6) is 0 Å². The highest BCUT2D eigenvalue weighted by atomic mass is 79.9. The van der Waals surface area contributed by atoms with E-state index in [1.165, 1.54) is 0 Å². The van der Waals surface area contributed by atoms with Crippen LogP contribution in [-0.4, -0.2) is 11.8 Å². The van der Waals surface area contributed by atoms with Gasteiger partial charge in [0, 0.05) is 15.8 Å². The molecule has 124 valence electrons. The van der Waals surface area contributed by atoms with Crippen molar-refractivity contribution in [3.8, 4) is 0 Å². The standard InChI is InChI=1S/C19H19BrN2O2/c1-11-4-3-5-14(8-11)21-18(23)15-10-16(15)19(24)22-17-7-6-13(20)9-12(17)2/h3-9,15-16H,10H2,1-2H3,(H,21,23)(H,22,24). The first-order valence-corrected chi connectivity index (χ1v) is 8.68. The first-order chi connectivity index (χ1) is 11.4. The molecular formula is C19H19BrN2O2. The third-order valence-electron chi connectivity index (χ3n) is 4.20. The highest BCUT2D eigenvalue weighted by molar-refractivity contribution is 9.10. The van der Waals surface area contributed by atoms with E-state index in [1.807, 2.05) is 56.3 Å². The Hall–Kier alpha value is -2.14. The summed E-state index contributed by atoms with van der Waals surface area (Å²) in [5.41, 5.74) is 3.63. The maximum absolute atomic E-state index is 12.3. The van der Waals surface area contributed by atoms with Gasteiger partial charge in [-0.05, 0) is 61.7 Å². The number of amides is 2. The van der Waals surface area contributed by atoms with Crippen molar-refractivity contribution in [3.63, 3.8) is 0 Å². The van der Waals surface area contributed by atoms with Crippen LogP contribution in [0.1, 0.15) is 17.5 Å². The van der Waals surface area contributed by atoms with Gasteiger partial charge in [0.2, 0.25) is 11.8 Å². The third-order valence-corrected chi connectivity index (χ3v) is 4.69. The van der Waals surface area contributed by atoms with E-state index in [2.05, 4.69) is 26.6 Å². The predicted octanol–water partition coefficient (Wildman–Crippen LogP) is 4.28. The van der Waals surface area contributed by atoms with Crippen molar-refractivity contribution >= 4 is 39.1 Å². The monoisotopic (exact) mass is 386 g/mol. The van der Waals surface area contributed by atoms with E-state index in [1.54, 1.807) is 0 Å². The summed E-state index contributed by atoms with van der Waals surface area (Å²) in [6.45, 7) is 3.92. The number of hydrogen-bond acceptors (Lipinski definition) is 2. The molecule has 1 saturated carbocycles. The molecule has 2 amide bonds. The smallest absolute Gasteiger partial charge is 0.228 e. The molecule has 4 nitrogen and oxygen atoms in total. The van der Waals surface area contributed by atoms with Crippen LogP contribution in [0.15, 0.2) is 46.9 Å². The lowest BCUT2D eigenvalue weighted by Crippen LogP contribution is -2.20. The topological polar surface area (TPSA) is 58.2 Å². The predicted molar refractivity (Wildman–Crippen MR) is 98.9 cm³/mol. The van der Waals surface area contributed by atoms with Gasteiger partial charge in [0.25, 0.3) is 0 Å². The van der Waals surface area contributed by atoms with Gasteiger partial charge in [-0.2, -0.15) is 0 Å². The second-order valence-corrected chi connectivity index (χ2v) is 7.17. The first-order valence-electron chi connectivity index (χ1n) is 7.88. The highest BCUT2D eigenvalue weighted by Gasteiger charge is 2.48. The Kier molecular flexibility index (Phi) is 4.71. The lowest BCUT2D eigenvalue weighted by Gasteiger charge is -2.09. The number of halogens is 1. The van der Waals surface area contributed by atoms with E-state index < -0.39 is 0 Å². The van der Waals surface area contributed by atoms with Gasteiger partial charge in [0.15, 0.2) is 0 Å². The summed E-state index contributed by atoms with van der Waals surface area (Å²) < 4.78 is 0.972. The molecule has 0 heterocycles. The third kappa shape index (κ3) is 3.85. The first kappa shape index (κ1) is 16.7. The number of nitrogens with one attached hydrogen (secondary N) is 2. The van der Waals surface area contributed by atoms with E-state index in [-0.39, 0.29) is 23.7 Å². The Bertz CT molecular complexity index is 804. The Balaban J connectivity index is 1.58. The van der Waals surface area contributed by atoms with Crippen LogP contribution in [-0.2, 0) is 9.59 Å². The number of carbonyl (C=O) groups excluding carboxylic acids is 2. The van der Waals surface area contributed by atoms with Crippen LogP contribution < -0.4 is 10.6 Å². The second kappa shape index (κ2) is 6.77. The molecule has 1 fully saturated rings. The van der Waals surface area contributed by atoms with E-state index >= 15 is 0 Å². The van der Waals surface area contributed by atoms with Crippen molar-refractivity contribution in [2.45, 2.75) is 20.3 Å². The average molecular weight is 387 g/mol. The van der Waals surface area contributed by atoms with Crippen LogP contribution in [0.2, 0.25) is 0 Å². The Morgan fingerprint density at radius 3 is 2.38 bits per heavy atom. The fourth-order valence-electron chi connectivity index (χ4n) is 2.73. The number of hydrogen-bond donors (Lipinski definition) is 2. The molecule has 2 unspecified atom stereocenters. The number of carbonyl (C=O) groups is 2. The summed E-state index contributed by atoms with van der Waals surface area (Å²) in [6.07, 6.45) is 0.596. The van der Waals surface area contributed by atoms with E-state index in [0.29, 0.717) is 6.42 Å². The van der Waals surface area contributed by atoms with Crippen molar-refractivity contribution in [3.05, 3.63) is 58.1 Å². The SMILES string of the molecule is Cc1cccc(NC(=O)C2CC2C(=O)Nc2ccc(Br)cc2C)c1. The number of benzene rings is 2. The largest absolute Gasteiger partial charge is 0.326 e. The van der Waals surface area contributed by atoms with Crippen LogP contribution in [0.3, 0.4) is 0 Å². The molecule has 2 aromatic rings. The van der Waals surface area contributed by atoms with E-state index in [4.69, 9.17) is 0 Å². The summed E-state index contributed by atoms with van der Waals surface area (Å²) in [7, 11) is 0. The van der Waals surface area contributed by atoms with Crippen molar-refractivity contribution in [2.24, 2.45) is 11.8 Å². The zero-order valence-corrected chi connectivity index (χ0v) is 15.2. The molecule has 0 aliphatic heterocycles. The summed E-state index contributed by atoms with van der Waals surface area (Å²) in [6, 6.07) is 13.3. The molecule has 1 aliphatic carbocycles. The lowest BCUT2D eigenvalue weighted by atomic mass is 10.2. The quantitative estimate of drug-likeness (QED) is 0.823. The molecule has 2 aromatic carbocycles. The molecule has 0 radical (unpaired) electrons. The van der Waals surface area contributed by atoms with Gasteiger partial charge in [-0.1, -0.05) is 28.1 Å². The zero-order valence-electron chi connectivity index (χ0n) is 13.6. The van der Waals surface area contributed by atoms with Gasteiger partial charge in [-0.25, -0.2) is 0 Å². The lowest BCUT2D eigenvalue weighted by molar-refractivity contribution is -0.122. The van der Waals surface area contributed by atoms with Gasteiger partial charge >= 0.3 is 0 Å². The van der Waals surface area contributed by atoms with Crippen molar-refractivity contribution in [2.75, 3.05) is 10.6 Å². The van der Waals surface area contributed by atoms with Crippen LogP contribution in [0.4, 0.5) is 11.4 Å². The molecule has 2 atom stereocenters. The molecular weight excluding hydrogens is 368 g/mol. The highest BCUT2D eigenvalue weighted by Crippen LogP contribution is 2.40. The summed E-state index contributed by atoms with van der Waals surface area (Å²) in [5, 5.41) is 5.80. The van der Waals surface area contributed by atoms with Crippen LogP contribution in [0.25, 0.3) is 0 Å². The van der Waals surface area contributed by atoms with E-state index in [9.17, 15) is 9.59 Å². The van der Waals surface area contributed by atoms with Gasteiger partial charge in [0.05, 0.1) is 11.8 Å². The Morgan fingerprint density at radius 2 is 1.71 bits per heavy atom. The molecule has 5 heteroatoms. The summed E-state index contributed by atoms with van der Waals surface area (Å²) >= 11 is 3.40. The minimum atomic E-state index is -0.252. The molecule has 0 saturated heterocycles. The van der Waals surface area contributed by atoms with Gasteiger partial charge in [-0.15, -0.1) is 0 Å². The number of aryl methyl sites for hydroxylation is 2. The summed E-state index contributed by atoms with van der Waals surface area (Å²) in [4.78, 5) is 24.6. The fourth-order valence-corrected chi connectivity index (χ4v) is 3.20. The molecule has 3 rings (SSSR count). The normalized spacial score (nSPS) is 18.8. The Morgan fingerprint density at radius 1 is 1.00 bits per heavy atom. The molecule has 0 aromatic heterocycles. The summed E-state index contributed by atoms with van der Waals surface area (Å²) in [5.74, 6) is -0.683. The van der Waals surface area contributed by atoms with Crippen molar-refractivity contribution < 1.29 is 9.59 Å². The molecule has 24 heavy (non-hydrogen) atoms. The van der Waals surface area contributed by atoms with Crippen LogP contribution in [0, 0.1) is 25.7 Å². The molecule has 2 N–H and O–H groups in total. The fraction of sp³-hybridized carbons (Fsp3) is 0.263. The van der Waals surface area contributed by atoms with Gasteiger partial charge in [-0.3, -0.25) is 9.59 Å². The molecule has 0 bridgehead atoms. The number of rotatable bonds is 4. The van der Waals surface area contributed by atoms with Crippen molar-refractivity contribution in [1.29, 1.82) is 0 Å². The Labute approximate surface area is 149 Å². The van der Waals surface area contributed by atoms with Gasteiger partial charge < -0.3 is 10.6 Å². The van der Waals surface area contributed by atoms with Gasteiger partial charge in [0.1, 0.15) is 0 Å². The van der Waals surface area contributed by atoms with Crippen LogP contribution >= 0.6 is 15.9 Å². The maximum Gasteiger partial charge on any atom is 0.228 e. The molecule has 0 spiro atoms. The average Bonchev–Trinajstić information content (AvgIpc) is 3.31. The minimum absolute atomic E-state index is 0.0896. The maximum atomic E-state index is 12.3. The zero-order chi connectivity index (χ0) is 17.3. The second-order valence-electron chi connectivity index (χ2n) is 6.26. The van der Waals surface area contributed by atoms with E-state index in [0.717, 1.165) is 27.0 Å². The number of anilines is 2.